The smallest absolute Gasteiger partial charge is 0.267 e. The highest BCUT2D eigenvalue weighted by molar-refractivity contribution is 6.29. The van der Waals surface area contributed by atoms with E-state index < -0.39 is 0 Å². The Bertz CT molecular complexity index is 513. The highest BCUT2D eigenvalue weighted by Gasteiger charge is 2.28. The summed E-state index contributed by atoms with van der Waals surface area (Å²) in [6, 6.07) is 9.55. The van der Waals surface area contributed by atoms with E-state index in [-0.39, 0.29) is 5.91 Å². The molecule has 1 aliphatic heterocycles. The maximum atomic E-state index is 12.4. The van der Waals surface area contributed by atoms with Gasteiger partial charge in [0.15, 0.2) is 0 Å². The van der Waals surface area contributed by atoms with Crippen molar-refractivity contribution in [2.45, 2.75) is 33.6 Å². The second kappa shape index (κ2) is 5.83. The summed E-state index contributed by atoms with van der Waals surface area (Å²) < 4.78 is 0. The minimum atomic E-state index is -0.0180. The molecule has 3 heteroatoms. The third kappa shape index (κ3) is 2.75. The van der Waals surface area contributed by atoms with E-state index in [0.717, 1.165) is 29.8 Å². The van der Waals surface area contributed by atoms with Crippen molar-refractivity contribution in [3.05, 3.63) is 42.0 Å². The lowest BCUT2D eigenvalue weighted by atomic mass is 9.98. The summed E-state index contributed by atoms with van der Waals surface area (Å²) in [5.41, 5.74) is 2.37. The van der Waals surface area contributed by atoms with E-state index in [9.17, 15) is 4.79 Å². The fourth-order valence-electron chi connectivity index (χ4n) is 2.21. The molecular formula is C16H20N2O. The van der Waals surface area contributed by atoms with Gasteiger partial charge in [-0.3, -0.25) is 4.79 Å². The molecule has 0 fully saturated rings. The molecule has 3 nitrogen and oxygen atoms in total. The van der Waals surface area contributed by atoms with E-state index in [1.54, 1.807) is 0 Å². The Morgan fingerprint density at radius 1 is 1.21 bits per heavy atom. The van der Waals surface area contributed by atoms with Crippen LogP contribution in [0.4, 0.5) is 5.69 Å². The van der Waals surface area contributed by atoms with Gasteiger partial charge in [-0.1, -0.05) is 38.1 Å². The number of nitrogens with zero attached hydrogens (tertiary/aromatic N) is 2. The molecule has 0 atom stereocenters. The zero-order chi connectivity index (χ0) is 13.8. The number of carbonyl (C=O) groups excluding carboxylic acids is 1. The number of para-hydroxylation sites is 1. The molecule has 0 aromatic heterocycles. The van der Waals surface area contributed by atoms with E-state index in [0.29, 0.717) is 5.92 Å². The molecule has 1 heterocycles. The summed E-state index contributed by atoms with van der Waals surface area (Å²) in [5.74, 6) is 0.426. The monoisotopic (exact) mass is 256 g/mol. The van der Waals surface area contributed by atoms with Crippen molar-refractivity contribution in [2.24, 2.45) is 11.0 Å². The minimum Gasteiger partial charge on any atom is -0.267 e. The van der Waals surface area contributed by atoms with Gasteiger partial charge in [0.2, 0.25) is 0 Å². The van der Waals surface area contributed by atoms with Crippen molar-refractivity contribution in [3.8, 4) is 0 Å². The lowest BCUT2D eigenvalue weighted by Crippen LogP contribution is -2.21. The van der Waals surface area contributed by atoms with Crippen molar-refractivity contribution in [3.63, 3.8) is 0 Å². The second-order valence-electron chi connectivity index (χ2n) is 4.79. The number of benzene rings is 1. The van der Waals surface area contributed by atoms with Crippen molar-refractivity contribution >= 4 is 17.3 Å². The van der Waals surface area contributed by atoms with E-state index >= 15 is 0 Å². The average Bonchev–Trinajstić information content (AvgIpc) is 2.73. The number of amides is 1. The largest absolute Gasteiger partial charge is 0.280 e. The Morgan fingerprint density at radius 3 is 2.42 bits per heavy atom. The lowest BCUT2D eigenvalue weighted by Gasteiger charge is -2.12. The third-order valence-electron chi connectivity index (χ3n) is 3.51. The molecule has 0 aliphatic carbocycles. The molecule has 19 heavy (non-hydrogen) atoms. The van der Waals surface area contributed by atoms with E-state index in [1.165, 1.54) is 5.01 Å². The lowest BCUT2D eigenvalue weighted by molar-refractivity contribution is -0.114. The van der Waals surface area contributed by atoms with Crippen LogP contribution in [0.25, 0.3) is 0 Å². The van der Waals surface area contributed by atoms with Crippen LogP contribution in [-0.4, -0.2) is 11.6 Å². The number of anilines is 1. The number of hydrogen-bond acceptors (Lipinski definition) is 2. The predicted octanol–water partition coefficient (Wildman–Crippen LogP) is 3.77. The summed E-state index contributed by atoms with van der Waals surface area (Å²) >= 11 is 0. The molecular weight excluding hydrogens is 236 g/mol. The Labute approximate surface area is 114 Å². The Morgan fingerprint density at radius 2 is 1.84 bits per heavy atom. The zero-order valence-electron chi connectivity index (χ0n) is 11.8. The molecule has 1 aromatic rings. The molecule has 0 radical (unpaired) electrons. The summed E-state index contributed by atoms with van der Waals surface area (Å²) in [6.45, 7) is 6.19. The van der Waals surface area contributed by atoms with Gasteiger partial charge in [0, 0.05) is 0 Å². The second-order valence-corrected chi connectivity index (χ2v) is 4.79. The fourth-order valence-corrected chi connectivity index (χ4v) is 2.21. The van der Waals surface area contributed by atoms with Crippen molar-refractivity contribution in [1.82, 2.24) is 0 Å². The van der Waals surface area contributed by atoms with Gasteiger partial charge >= 0.3 is 0 Å². The predicted molar refractivity (Wildman–Crippen MR) is 79.2 cm³/mol. The van der Waals surface area contributed by atoms with Gasteiger partial charge in [0.05, 0.1) is 17.0 Å². The maximum absolute atomic E-state index is 12.4. The fraction of sp³-hybridized carbons (Fsp3) is 0.375. The van der Waals surface area contributed by atoms with E-state index in [1.807, 2.05) is 37.3 Å². The number of carbonyl (C=O) groups is 1. The van der Waals surface area contributed by atoms with E-state index in [4.69, 9.17) is 0 Å². The summed E-state index contributed by atoms with van der Waals surface area (Å²) in [4.78, 5) is 12.4. The highest BCUT2D eigenvalue weighted by Crippen LogP contribution is 2.25. The molecule has 1 aliphatic rings. The topological polar surface area (TPSA) is 32.7 Å². The quantitative estimate of drug-likeness (QED) is 0.755. The van der Waals surface area contributed by atoms with Crippen LogP contribution in [0.3, 0.4) is 0 Å². The Hall–Kier alpha value is -1.90. The van der Waals surface area contributed by atoms with Gasteiger partial charge in [-0.25, -0.2) is 0 Å². The van der Waals surface area contributed by atoms with Crippen LogP contribution in [0.5, 0.6) is 0 Å². The number of allylic oxidation sites excluding steroid dienone is 1. The molecule has 100 valence electrons. The molecule has 0 saturated heterocycles. The minimum absolute atomic E-state index is 0.0180. The number of rotatable bonds is 4. The van der Waals surface area contributed by atoms with Crippen LogP contribution in [0.1, 0.15) is 33.6 Å². The van der Waals surface area contributed by atoms with E-state index in [2.05, 4.69) is 25.0 Å². The molecule has 0 saturated carbocycles. The van der Waals surface area contributed by atoms with Gasteiger partial charge in [0.25, 0.3) is 5.91 Å². The van der Waals surface area contributed by atoms with Crippen molar-refractivity contribution < 1.29 is 4.79 Å². The summed E-state index contributed by atoms with van der Waals surface area (Å²) in [6.07, 6.45) is 4.17. The Kier molecular flexibility index (Phi) is 4.15. The first-order chi connectivity index (χ1) is 9.17. The van der Waals surface area contributed by atoms with Gasteiger partial charge in [-0.2, -0.15) is 10.1 Å². The normalized spacial score (nSPS) is 17.5. The summed E-state index contributed by atoms with van der Waals surface area (Å²) in [5, 5.41) is 5.86. The first-order valence-electron chi connectivity index (χ1n) is 6.84. The first-order valence-corrected chi connectivity index (χ1v) is 6.84. The standard InChI is InChI=1S/C16H20N2O/c1-4-13(5-2)11-15-12(3)17-18(16(15)19)14-9-7-6-8-10-14/h6-11,13H,4-5H2,1-3H3/b15-11+. The van der Waals surface area contributed by atoms with Crippen LogP contribution in [0.15, 0.2) is 47.1 Å². The van der Waals surface area contributed by atoms with Gasteiger partial charge < -0.3 is 0 Å². The van der Waals surface area contributed by atoms with Crippen LogP contribution in [-0.2, 0) is 4.79 Å². The molecule has 0 unspecified atom stereocenters. The van der Waals surface area contributed by atoms with Gasteiger partial charge in [0.1, 0.15) is 0 Å². The first kappa shape index (κ1) is 13.5. The maximum Gasteiger partial charge on any atom is 0.280 e. The van der Waals surface area contributed by atoms with Crippen LogP contribution in [0.2, 0.25) is 0 Å². The molecule has 0 N–H and O–H groups in total. The van der Waals surface area contributed by atoms with Gasteiger partial charge in [-0.05, 0) is 37.8 Å². The Balaban J connectivity index is 2.29. The highest BCUT2D eigenvalue weighted by atomic mass is 16.2. The van der Waals surface area contributed by atoms with Crippen molar-refractivity contribution in [2.75, 3.05) is 5.01 Å². The van der Waals surface area contributed by atoms with Crippen LogP contribution < -0.4 is 5.01 Å². The van der Waals surface area contributed by atoms with Crippen molar-refractivity contribution in [1.29, 1.82) is 0 Å². The zero-order valence-corrected chi connectivity index (χ0v) is 11.8. The average molecular weight is 256 g/mol. The van der Waals surface area contributed by atoms with Crippen LogP contribution >= 0.6 is 0 Å². The summed E-state index contributed by atoms with van der Waals surface area (Å²) in [7, 11) is 0. The number of hydrazone groups is 1. The van der Waals surface area contributed by atoms with Gasteiger partial charge in [-0.15, -0.1) is 0 Å². The van der Waals surface area contributed by atoms with Crippen LogP contribution in [0, 0.1) is 5.92 Å². The molecule has 1 amide bonds. The number of hydrogen-bond donors (Lipinski definition) is 0. The molecule has 2 rings (SSSR count). The molecule has 0 spiro atoms. The molecule has 0 bridgehead atoms. The SMILES string of the molecule is CCC(/C=C1/C(=O)N(c2ccccc2)N=C1C)CC. The third-order valence-corrected chi connectivity index (χ3v) is 3.51. The molecule has 1 aromatic carbocycles.